The van der Waals surface area contributed by atoms with Gasteiger partial charge in [0.25, 0.3) is 0 Å². The Morgan fingerprint density at radius 2 is 2.25 bits per heavy atom. The van der Waals surface area contributed by atoms with E-state index in [9.17, 15) is 0 Å². The summed E-state index contributed by atoms with van der Waals surface area (Å²) in [4.78, 5) is 4.54. The maximum absolute atomic E-state index is 4.54. The van der Waals surface area contributed by atoms with Gasteiger partial charge in [-0.3, -0.25) is 0 Å². The van der Waals surface area contributed by atoms with Gasteiger partial charge in [0.15, 0.2) is 0 Å². The second-order valence-corrected chi connectivity index (χ2v) is 5.01. The number of fused-ring (bicyclic) bond motifs is 2. The molecule has 0 aromatic carbocycles. The molecule has 3 rings (SSSR count). The summed E-state index contributed by atoms with van der Waals surface area (Å²) >= 11 is 0. The minimum atomic E-state index is 0.183. The highest BCUT2D eigenvalue weighted by Crippen LogP contribution is 2.35. The molecule has 2 aliphatic heterocycles. The van der Waals surface area contributed by atoms with Gasteiger partial charge in [0.05, 0.1) is 23.3 Å². The van der Waals surface area contributed by atoms with Crippen LogP contribution in [0, 0.1) is 0 Å². The van der Waals surface area contributed by atoms with E-state index in [1.165, 1.54) is 30.7 Å². The lowest BCUT2D eigenvalue weighted by molar-refractivity contribution is 0.266. The molecule has 1 saturated heterocycles. The molecule has 0 saturated carbocycles. The summed E-state index contributed by atoms with van der Waals surface area (Å²) in [5, 5.41) is 7.25. The zero-order valence-corrected chi connectivity index (χ0v) is 9.92. The minimum absolute atomic E-state index is 0.183. The summed E-state index contributed by atoms with van der Waals surface area (Å²) in [5.74, 6) is 0. The normalized spacial score (nSPS) is 30.1. The molecule has 4 heteroatoms. The molecule has 2 aliphatic rings. The molecular formula is C12H20N4. The van der Waals surface area contributed by atoms with Crippen LogP contribution in [0.25, 0.3) is 0 Å². The summed E-state index contributed by atoms with van der Waals surface area (Å²) in [7, 11) is 2.12. The monoisotopic (exact) mass is 220 g/mol. The lowest BCUT2D eigenvalue weighted by Gasteiger charge is -2.38. The van der Waals surface area contributed by atoms with Crippen molar-refractivity contribution in [2.45, 2.75) is 31.2 Å². The Hall–Kier alpha value is -0.870. The van der Waals surface area contributed by atoms with Crippen LogP contribution in [-0.2, 0) is 19.0 Å². The standard InChI is InChI=1S/C12H20N4/c1-16-9-14-10-3-7-15-12(11(10)16)4-2-6-13-8-5-12/h9,13,15H,2-8H2,1H3. The minimum Gasteiger partial charge on any atom is -0.336 e. The van der Waals surface area contributed by atoms with E-state index in [1.807, 2.05) is 6.33 Å². The molecule has 0 bridgehead atoms. The summed E-state index contributed by atoms with van der Waals surface area (Å²) in [5.41, 5.74) is 2.92. The maximum atomic E-state index is 4.54. The van der Waals surface area contributed by atoms with Crippen LogP contribution >= 0.6 is 0 Å². The maximum Gasteiger partial charge on any atom is 0.0949 e. The van der Waals surface area contributed by atoms with Gasteiger partial charge >= 0.3 is 0 Å². The Kier molecular flexibility index (Phi) is 2.48. The molecule has 1 aromatic rings. The second-order valence-electron chi connectivity index (χ2n) is 5.01. The van der Waals surface area contributed by atoms with Crippen molar-refractivity contribution in [1.29, 1.82) is 0 Å². The Morgan fingerprint density at radius 3 is 3.19 bits per heavy atom. The van der Waals surface area contributed by atoms with Gasteiger partial charge in [0, 0.05) is 20.0 Å². The van der Waals surface area contributed by atoms with Crippen molar-refractivity contribution in [3.05, 3.63) is 17.7 Å². The van der Waals surface area contributed by atoms with Crippen molar-refractivity contribution >= 4 is 0 Å². The molecule has 1 spiro atoms. The van der Waals surface area contributed by atoms with Crippen LogP contribution in [0.1, 0.15) is 30.7 Å². The van der Waals surface area contributed by atoms with Gasteiger partial charge in [-0.25, -0.2) is 4.98 Å². The molecule has 0 aliphatic carbocycles. The molecule has 0 amide bonds. The Bertz CT molecular complexity index is 374. The summed E-state index contributed by atoms with van der Waals surface area (Å²) in [6.07, 6.45) is 6.70. The van der Waals surface area contributed by atoms with Crippen molar-refractivity contribution in [1.82, 2.24) is 20.2 Å². The second kappa shape index (κ2) is 3.86. The highest BCUT2D eigenvalue weighted by molar-refractivity contribution is 5.27. The number of aromatic nitrogens is 2. The number of nitrogens with zero attached hydrogens (tertiary/aromatic N) is 2. The summed E-state index contributed by atoms with van der Waals surface area (Å²) in [6, 6.07) is 0. The van der Waals surface area contributed by atoms with Gasteiger partial charge in [0.1, 0.15) is 0 Å². The van der Waals surface area contributed by atoms with Crippen LogP contribution in [0.2, 0.25) is 0 Å². The Labute approximate surface area is 96.4 Å². The molecule has 4 nitrogen and oxygen atoms in total. The first-order chi connectivity index (χ1) is 7.82. The number of nitrogens with one attached hydrogen (secondary N) is 2. The zero-order chi connectivity index (χ0) is 11.0. The van der Waals surface area contributed by atoms with E-state index in [0.717, 1.165) is 26.1 Å². The largest absolute Gasteiger partial charge is 0.336 e. The Morgan fingerprint density at radius 1 is 1.31 bits per heavy atom. The molecule has 1 fully saturated rings. The molecule has 2 N–H and O–H groups in total. The van der Waals surface area contributed by atoms with Gasteiger partial charge in [-0.15, -0.1) is 0 Å². The van der Waals surface area contributed by atoms with Crippen molar-refractivity contribution in [2.75, 3.05) is 19.6 Å². The van der Waals surface area contributed by atoms with Gasteiger partial charge in [-0.1, -0.05) is 0 Å². The van der Waals surface area contributed by atoms with Crippen LogP contribution in [0.3, 0.4) is 0 Å². The van der Waals surface area contributed by atoms with Crippen LogP contribution in [0.15, 0.2) is 6.33 Å². The lowest BCUT2D eigenvalue weighted by atomic mass is 9.82. The van der Waals surface area contributed by atoms with Gasteiger partial charge in [-0.2, -0.15) is 0 Å². The van der Waals surface area contributed by atoms with Gasteiger partial charge in [0.2, 0.25) is 0 Å². The first-order valence-corrected chi connectivity index (χ1v) is 6.28. The highest BCUT2D eigenvalue weighted by atomic mass is 15.1. The zero-order valence-electron chi connectivity index (χ0n) is 9.92. The van der Waals surface area contributed by atoms with Crippen molar-refractivity contribution in [3.63, 3.8) is 0 Å². The third kappa shape index (κ3) is 1.48. The van der Waals surface area contributed by atoms with E-state index in [4.69, 9.17) is 0 Å². The fourth-order valence-corrected chi connectivity index (χ4v) is 3.26. The Balaban J connectivity index is 2.03. The van der Waals surface area contributed by atoms with Crippen molar-refractivity contribution in [2.24, 2.45) is 7.05 Å². The number of hydrogen-bond acceptors (Lipinski definition) is 3. The van der Waals surface area contributed by atoms with E-state index in [1.54, 1.807) is 0 Å². The predicted molar refractivity (Wildman–Crippen MR) is 63.3 cm³/mol. The lowest BCUT2D eigenvalue weighted by Crippen LogP contribution is -2.48. The third-order valence-corrected chi connectivity index (χ3v) is 3.98. The highest BCUT2D eigenvalue weighted by Gasteiger charge is 2.39. The fourth-order valence-electron chi connectivity index (χ4n) is 3.26. The molecule has 1 unspecified atom stereocenters. The smallest absolute Gasteiger partial charge is 0.0949 e. The molecule has 0 radical (unpaired) electrons. The van der Waals surface area contributed by atoms with Gasteiger partial charge in [-0.05, 0) is 32.4 Å². The van der Waals surface area contributed by atoms with Crippen LogP contribution < -0.4 is 10.6 Å². The topological polar surface area (TPSA) is 41.9 Å². The number of aryl methyl sites for hydroxylation is 1. The fraction of sp³-hybridized carbons (Fsp3) is 0.750. The van der Waals surface area contributed by atoms with E-state index in [2.05, 4.69) is 27.2 Å². The molecule has 88 valence electrons. The number of hydrogen-bond donors (Lipinski definition) is 2. The van der Waals surface area contributed by atoms with Crippen LogP contribution in [0.4, 0.5) is 0 Å². The van der Waals surface area contributed by atoms with Crippen molar-refractivity contribution in [3.8, 4) is 0 Å². The van der Waals surface area contributed by atoms with Crippen LogP contribution in [0.5, 0.6) is 0 Å². The average Bonchev–Trinajstić information content (AvgIpc) is 2.54. The van der Waals surface area contributed by atoms with Crippen LogP contribution in [-0.4, -0.2) is 29.2 Å². The molecule has 3 heterocycles. The summed E-state index contributed by atoms with van der Waals surface area (Å²) in [6.45, 7) is 3.33. The molecule has 1 atom stereocenters. The quantitative estimate of drug-likeness (QED) is 0.670. The van der Waals surface area contributed by atoms with E-state index in [0.29, 0.717) is 0 Å². The average molecular weight is 220 g/mol. The molecular weight excluding hydrogens is 200 g/mol. The molecule has 1 aromatic heterocycles. The summed E-state index contributed by atoms with van der Waals surface area (Å²) < 4.78 is 2.22. The predicted octanol–water partition coefficient (Wildman–Crippen LogP) is 0.535. The van der Waals surface area contributed by atoms with E-state index in [-0.39, 0.29) is 5.54 Å². The number of rotatable bonds is 0. The SMILES string of the molecule is Cn1cnc2c1C1(CCCNCC1)NCC2. The first-order valence-electron chi connectivity index (χ1n) is 6.28. The van der Waals surface area contributed by atoms with Gasteiger partial charge < -0.3 is 15.2 Å². The van der Waals surface area contributed by atoms with E-state index >= 15 is 0 Å². The van der Waals surface area contributed by atoms with E-state index < -0.39 is 0 Å². The first kappa shape index (κ1) is 10.3. The molecule has 16 heavy (non-hydrogen) atoms. The number of imidazole rings is 1. The third-order valence-electron chi connectivity index (χ3n) is 3.98. The van der Waals surface area contributed by atoms with Crippen molar-refractivity contribution < 1.29 is 0 Å².